The lowest BCUT2D eigenvalue weighted by molar-refractivity contribution is 0.0693. The summed E-state index contributed by atoms with van der Waals surface area (Å²) in [7, 11) is 0. The van der Waals surface area contributed by atoms with Crippen molar-refractivity contribution in [1.29, 1.82) is 0 Å². The van der Waals surface area contributed by atoms with Crippen LogP contribution >= 0.6 is 0 Å². The molecule has 0 radical (unpaired) electrons. The van der Waals surface area contributed by atoms with Gasteiger partial charge in [-0.25, -0.2) is 0 Å². The van der Waals surface area contributed by atoms with Crippen LogP contribution in [0.4, 0.5) is 0 Å². The highest BCUT2D eigenvalue weighted by molar-refractivity contribution is 4.90. The van der Waals surface area contributed by atoms with E-state index >= 15 is 0 Å². The maximum atomic E-state index is 3.44. The number of nitrogens with one attached hydrogen (secondary N) is 1. The lowest BCUT2D eigenvalue weighted by Crippen LogP contribution is -2.57. The Morgan fingerprint density at radius 1 is 1.06 bits per heavy atom. The zero-order valence-electron chi connectivity index (χ0n) is 12.0. The molecule has 2 aliphatic rings. The number of piperazine rings is 1. The largest absolute Gasteiger partial charge is 0.314 e. The summed E-state index contributed by atoms with van der Waals surface area (Å²) >= 11 is 0. The summed E-state index contributed by atoms with van der Waals surface area (Å²) in [6.45, 7) is 18.1. The van der Waals surface area contributed by atoms with Gasteiger partial charge >= 0.3 is 0 Å². The second-order valence-electron chi connectivity index (χ2n) is 6.70. The van der Waals surface area contributed by atoms with Crippen molar-refractivity contribution in [2.45, 2.75) is 33.2 Å². The predicted octanol–water partition coefficient (Wildman–Crippen LogP) is 1.26. The van der Waals surface area contributed by atoms with E-state index in [0.717, 1.165) is 24.9 Å². The van der Waals surface area contributed by atoms with Crippen LogP contribution in [-0.2, 0) is 0 Å². The van der Waals surface area contributed by atoms with Gasteiger partial charge in [0.25, 0.3) is 0 Å². The van der Waals surface area contributed by atoms with Crippen LogP contribution in [-0.4, -0.2) is 61.2 Å². The molecule has 0 aromatic rings. The molecule has 2 atom stereocenters. The lowest BCUT2D eigenvalue weighted by atomic mass is 10.0. The topological polar surface area (TPSA) is 18.5 Å². The van der Waals surface area contributed by atoms with Crippen LogP contribution in [0.25, 0.3) is 0 Å². The van der Waals surface area contributed by atoms with Gasteiger partial charge in [0, 0.05) is 51.4 Å². The molecule has 17 heavy (non-hydrogen) atoms. The molecule has 0 aromatic heterocycles. The first kappa shape index (κ1) is 13.3. The molecular formula is C14H29N3. The van der Waals surface area contributed by atoms with E-state index in [2.05, 4.69) is 42.8 Å². The van der Waals surface area contributed by atoms with Gasteiger partial charge in [-0.2, -0.15) is 0 Å². The fraction of sp³-hybridized carbons (Fsp3) is 1.00. The first-order valence-electron chi connectivity index (χ1n) is 7.17. The zero-order valence-corrected chi connectivity index (χ0v) is 12.0. The van der Waals surface area contributed by atoms with Crippen LogP contribution in [0.3, 0.4) is 0 Å². The van der Waals surface area contributed by atoms with Gasteiger partial charge in [0.1, 0.15) is 0 Å². The Hall–Kier alpha value is -0.120. The molecule has 0 bridgehead atoms. The highest BCUT2D eigenvalue weighted by atomic mass is 15.3. The van der Waals surface area contributed by atoms with Crippen LogP contribution in [0.15, 0.2) is 0 Å². The van der Waals surface area contributed by atoms with E-state index in [4.69, 9.17) is 0 Å². The minimum absolute atomic E-state index is 0.325. The molecule has 3 nitrogen and oxygen atoms in total. The molecule has 0 aromatic carbocycles. The highest BCUT2D eigenvalue weighted by Gasteiger charge is 2.34. The van der Waals surface area contributed by atoms with Crippen LogP contribution in [0.2, 0.25) is 0 Å². The maximum Gasteiger partial charge on any atom is 0.0281 e. The average Bonchev–Trinajstić information content (AvgIpc) is 2.58. The Morgan fingerprint density at radius 3 is 2.12 bits per heavy atom. The van der Waals surface area contributed by atoms with Crippen molar-refractivity contribution in [3.8, 4) is 0 Å². The summed E-state index contributed by atoms with van der Waals surface area (Å²) < 4.78 is 0. The Bertz CT molecular complexity index is 236. The molecule has 0 aliphatic carbocycles. The second kappa shape index (κ2) is 5.25. The quantitative estimate of drug-likeness (QED) is 0.800. The lowest BCUT2D eigenvalue weighted by Gasteiger charge is -2.43. The number of hydrogen-bond acceptors (Lipinski definition) is 3. The van der Waals surface area contributed by atoms with Gasteiger partial charge < -0.3 is 10.2 Å². The Kier molecular flexibility index (Phi) is 4.11. The van der Waals surface area contributed by atoms with Crippen LogP contribution < -0.4 is 5.32 Å². The summed E-state index contributed by atoms with van der Waals surface area (Å²) in [5.41, 5.74) is 0.325. The van der Waals surface area contributed by atoms with Crippen molar-refractivity contribution in [2.24, 2.45) is 11.8 Å². The molecule has 0 saturated carbocycles. The van der Waals surface area contributed by atoms with E-state index in [0.29, 0.717) is 5.54 Å². The molecule has 2 aliphatic heterocycles. The fourth-order valence-corrected chi connectivity index (χ4v) is 3.30. The standard InChI is InChI=1S/C14H29N3/c1-12-9-16(10-13(12)2)11-14(3,4)17-7-5-15-6-8-17/h12-13,15H,5-11H2,1-4H3. The van der Waals surface area contributed by atoms with Gasteiger partial charge in [-0.3, -0.25) is 4.90 Å². The Balaban J connectivity index is 1.88. The first-order chi connectivity index (χ1) is 7.99. The van der Waals surface area contributed by atoms with Gasteiger partial charge in [-0.1, -0.05) is 13.8 Å². The van der Waals surface area contributed by atoms with Crippen molar-refractivity contribution in [3.63, 3.8) is 0 Å². The molecule has 2 rings (SSSR count). The monoisotopic (exact) mass is 239 g/mol. The predicted molar refractivity (Wildman–Crippen MR) is 73.3 cm³/mol. The van der Waals surface area contributed by atoms with E-state index in [1.807, 2.05) is 0 Å². The minimum atomic E-state index is 0.325. The van der Waals surface area contributed by atoms with Crippen LogP contribution in [0.1, 0.15) is 27.7 Å². The maximum absolute atomic E-state index is 3.44. The molecule has 100 valence electrons. The molecule has 2 unspecified atom stereocenters. The van der Waals surface area contributed by atoms with Crippen LogP contribution in [0.5, 0.6) is 0 Å². The van der Waals surface area contributed by atoms with Gasteiger partial charge in [-0.15, -0.1) is 0 Å². The van der Waals surface area contributed by atoms with Gasteiger partial charge in [0.15, 0.2) is 0 Å². The second-order valence-corrected chi connectivity index (χ2v) is 6.70. The zero-order chi connectivity index (χ0) is 12.5. The fourth-order valence-electron chi connectivity index (χ4n) is 3.30. The van der Waals surface area contributed by atoms with Crippen LogP contribution in [0, 0.1) is 11.8 Å². The van der Waals surface area contributed by atoms with E-state index in [1.54, 1.807) is 0 Å². The number of rotatable bonds is 3. The molecule has 2 saturated heterocycles. The molecule has 0 spiro atoms. The Labute approximate surface area is 107 Å². The SMILES string of the molecule is CC1CN(CC(C)(C)N2CCNCC2)CC1C. The third-order valence-electron chi connectivity index (χ3n) is 4.65. The highest BCUT2D eigenvalue weighted by Crippen LogP contribution is 2.25. The average molecular weight is 239 g/mol. The van der Waals surface area contributed by atoms with Crippen molar-refractivity contribution in [3.05, 3.63) is 0 Å². The minimum Gasteiger partial charge on any atom is -0.314 e. The number of likely N-dealkylation sites (tertiary alicyclic amines) is 1. The Morgan fingerprint density at radius 2 is 1.59 bits per heavy atom. The first-order valence-corrected chi connectivity index (χ1v) is 7.17. The third-order valence-corrected chi connectivity index (χ3v) is 4.65. The van der Waals surface area contributed by atoms with Gasteiger partial charge in [0.2, 0.25) is 0 Å². The summed E-state index contributed by atoms with van der Waals surface area (Å²) in [6.07, 6.45) is 0. The van der Waals surface area contributed by atoms with Crippen molar-refractivity contribution >= 4 is 0 Å². The van der Waals surface area contributed by atoms with E-state index in [9.17, 15) is 0 Å². The molecule has 1 N–H and O–H groups in total. The van der Waals surface area contributed by atoms with Gasteiger partial charge in [0.05, 0.1) is 0 Å². The van der Waals surface area contributed by atoms with Gasteiger partial charge in [-0.05, 0) is 25.7 Å². The molecule has 2 fully saturated rings. The van der Waals surface area contributed by atoms with Crippen molar-refractivity contribution in [1.82, 2.24) is 15.1 Å². The van der Waals surface area contributed by atoms with E-state index in [1.165, 1.54) is 32.7 Å². The van der Waals surface area contributed by atoms with E-state index < -0.39 is 0 Å². The van der Waals surface area contributed by atoms with Crippen molar-refractivity contribution in [2.75, 3.05) is 45.8 Å². The third kappa shape index (κ3) is 3.21. The summed E-state index contributed by atoms with van der Waals surface area (Å²) in [4.78, 5) is 5.31. The molecule has 0 amide bonds. The number of nitrogens with zero attached hydrogens (tertiary/aromatic N) is 2. The normalized spacial score (nSPS) is 33.2. The smallest absolute Gasteiger partial charge is 0.0281 e. The van der Waals surface area contributed by atoms with E-state index in [-0.39, 0.29) is 0 Å². The van der Waals surface area contributed by atoms with Crippen molar-refractivity contribution < 1.29 is 0 Å². The summed E-state index contributed by atoms with van der Waals surface area (Å²) in [5, 5.41) is 3.44. The molecule has 3 heteroatoms. The molecule has 2 heterocycles. The summed E-state index contributed by atoms with van der Waals surface area (Å²) in [5.74, 6) is 1.74. The summed E-state index contributed by atoms with van der Waals surface area (Å²) in [6, 6.07) is 0. The number of hydrogen-bond donors (Lipinski definition) is 1. The molecular weight excluding hydrogens is 210 g/mol.